The highest BCUT2D eigenvalue weighted by Gasteiger charge is 2.41. The maximum Gasteiger partial charge on any atom is 0.416 e. The maximum atomic E-state index is 13.6. The number of aromatic nitrogens is 1. The number of thiophene rings is 1. The van der Waals surface area contributed by atoms with E-state index >= 15 is 0 Å². The Morgan fingerprint density at radius 3 is 2.46 bits per heavy atom. The van der Waals surface area contributed by atoms with Crippen LogP contribution in [0, 0.1) is 13.8 Å². The molecular formula is C34H32F3N3O5S. The third kappa shape index (κ3) is 5.89. The predicted octanol–water partition coefficient (Wildman–Crippen LogP) is 8.11. The van der Waals surface area contributed by atoms with Crippen molar-refractivity contribution in [3.63, 3.8) is 0 Å². The molecule has 2 aliphatic rings. The number of hydrogen-bond acceptors (Lipinski definition) is 7. The van der Waals surface area contributed by atoms with Crippen molar-refractivity contribution in [3.05, 3.63) is 86.7 Å². The highest BCUT2D eigenvalue weighted by atomic mass is 32.1. The lowest BCUT2D eigenvalue weighted by molar-refractivity contribution is -0.137. The zero-order valence-electron chi connectivity index (χ0n) is 25.6. The van der Waals surface area contributed by atoms with E-state index in [2.05, 4.69) is 4.90 Å². The van der Waals surface area contributed by atoms with Gasteiger partial charge >= 0.3 is 18.2 Å². The molecule has 0 spiro atoms. The molecule has 0 unspecified atom stereocenters. The van der Waals surface area contributed by atoms with Gasteiger partial charge in [0.05, 0.1) is 31.0 Å². The van der Waals surface area contributed by atoms with Gasteiger partial charge in [-0.3, -0.25) is 4.90 Å². The van der Waals surface area contributed by atoms with Crippen molar-refractivity contribution >= 4 is 29.2 Å². The fraction of sp³-hybridized carbons (Fsp3) is 0.324. The second-order valence-corrected chi connectivity index (χ2v) is 12.9. The molecule has 0 aliphatic carbocycles. The normalized spacial score (nSPS) is 18.0. The fourth-order valence-electron chi connectivity index (χ4n) is 6.00. The van der Waals surface area contributed by atoms with Crippen LogP contribution >= 0.6 is 11.3 Å². The molecule has 2 aliphatic heterocycles. The van der Waals surface area contributed by atoms with Crippen LogP contribution in [-0.4, -0.2) is 53.3 Å². The van der Waals surface area contributed by atoms with Gasteiger partial charge in [0, 0.05) is 29.1 Å². The molecule has 6 rings (SSSR count). The summed E-state index contributed by atoms with van der Waals surface area (Å²) in [6, 6.07) is 14.2. The number of alkyl halides is 3. The zero-order valence-corrected chi connectivity index (χ0v) is 26.5. The van der Waals surface area contributed by atoms with Crippen LogP contribution in [0.1, 0.15) is 56.4 Å². The number of halogens is 3. The summed E-state index contributed by atoms with van der Waals surface area (Å²) in [5.74, 6) is 0.320. The Bertz CT molecular complexity index is 1840. The summed E-state index contributed by atoms with van der Waals surface area (Å²) in [4.78, 5) is 34.6. The van der Waals surface area contributed by atoms with E-state index in [1.807, 2.05) is 37.3 Å². The van der Waals surface area contributed by atoms with Crippen LogP contribution in [-0.2, 0) is 17.5 Å². The molecule has 12 heteroatoms. The fourth-order valence-corrected chi connectivity index (χ4v) is 6.88. The first kappa shape index (κ1) is 31.4. The topological polar surface area (TPSA) is 92.2 Å². The molecule has 240 valence electrons. The lowest BCUT2D eigenvalue weighted by Gasteiger charge is -2.33. The van der Waals surface area contributed by atoms with Crippen LogP contribution in [0.25, 0.3) is 22.3 Å². The number of carbonyl (C=O) groups excluding carboxylic acids is 1. The minimum Gasteiger partial charge on any atom is -0.496 e. The van der Waals surface area contributed by atoms with Crippen molar-refractivity contribution in [1.82, 2.24) is 9.88 Å². The van der Waals surface area contributed by atoms with Gasteiger partial charge in [0.15, 0.2) is 0 Å². The maximum absolute atomic E-state index is 13.6. The number of nitrogens with zero attached hydrogens (tertiary/aromatic N) is 3. The van der Waals surface area contributed by atoms with Gasteiger partial charge in [-0.25, -0.2) is 14.6 Å². The number of hydrogen-bond donors (Lipinski definition) is 1. The largest absolute Gasteiger partial charge is 0.496 e. The number of benzene rings is 2. The van der Waals surface area contributed by atoms with Gasteiger partial charge in [0.2, 0.25) is 0 Å². The number of carboxylic acids is 1. The molecule has 1 N–H and O–H groups in total. The molecule has 0 radical (unpaired) electrons. The second kappa shape index (κ2) is 12.0. The van der Waals surface area contributed by atoms with Crippen molar-refractivity contribution in [2.24, 2.45) is 0 Å². The standard InChI is InChI=1S/C34H32F3N3O5S/c1-18-12-22(14-23(13-18)34(35,36)37)31-19(2)40(33(43)45-31)17-27-24(7-9-30(38-27)39-10-5-11-39)26-15-21(6-8-28(26)44-4)25-16-29(32(41)42)46-20(25)3/h6-9,12-16,19,31H,5,10-11,17H2,1-4H3,(H,41,42)/t19-,31-/m0/s1. The number of ether oxygens (including phenoxy) is 2. The van der Waals surface area contributed by atoms with Gasteiger partial charge in [0.25, 0.3) is 0 Å². The third-order valence-corrected chi connectivity index (χ3v) is 9.57. The first-order chi connectivity index (χ1) is 21.8. The number of anilines is 1. The molecule has 4 aromatic rings. The molecule has 0 bridgehead atoms. The van der Waals surface area contributed by atoms with E-state index in [-0.39, 0.29) is 17.0 Å². The molecule has 4 heterocycles. The first-order valence-corrected chi connectivity index (χ1v) is 15.6. The Morgan fingerprint density at radius 2 is 1.83 bits per heavy atom. The van der Waals surface area contributed by atoms with Crippen LogP contribution in [0.4, 0.5) is 23.8 Å². The zero-order chi connectivity index (χ0) is 32.9. The number of amides is 1. The van der Waals surface area contributed by atoms with Gasteiger partial charge in [0.1, 0.15) is 22.5 Å². The van der Waals surface area contributed by atoms with E-state index in [4.69, 9.17) is 14.5 Å². The van der Waals surface area contributed by atoms with Crippen LogP contribution < -0.4 is 9.64 Å². The number of cyclic esters (lactones) is 1. The van der Waals surface area contributed by atoms with Crippen LogP contribution in [0.2, 0.25) is 0 Å². The molecule has 2 saturated heterocycles. The molecule has 2 aromatic carbocycles. The predicted molar refractivity (Wildman–Crippen MR) is 168 cm³/mol. The summed E-state index contributed by atoms with van der Waals surface area (Å²) in [6.45, 7) is 6.95. The Hall–Kier alpha value is -4.58. The number of carbonyl (C=O) groups is 2. The van der Waals surface area contributed by atoms with Gasteiger partial charge in [-0.05, 0) is 86.3 Å². The minimum atomic E-state index is -4.53. The monoisotopic (exact) mass is 651 g/mol. The lowest BCUT2D eigenvalue weighted by atomic mass is 9.96. The van der Waals surface area contributed by atoms with Crippen LogP contribution in [0.15, 0.2) is 54.6 Å². The molecule has 2 fully saturated rings. The lowest BCUT2D eigenvalue weighted by Crippen LogP contribution is -2.38. The summed E-state index contributed by atoms with van der Waals surface area (Å²) < 4.78 is 52.2. The third-order valence-electron chi connectivity index (χ3n) is 8.54. The highest BCUT2D eigenvalue weighted by molar-refractivity contribution is 7.14. The SMILES string of the molecule is COc1ccc(-c2cc(C(=O)O)sc2C)cc1-c1ccc(N2CCC2)nc1CN1C(=O)O[C@H](c2cc(C)cc(C(F)(F)F)c2)[C@@H]1C. The molecular weight excluding hydrogens is 619 g/mol. The van der Waals surface area contributed by atoms with Gasteiger partial charge in [-0.1, -0.05) is 17.7 Å². The number of aryl methyl sites for hydroxylation is 2. The second-order valence-electron chi connectivity index (χ2n) is 11.6. The molecule has 8 nitrogen and oxygen atoms in total. The van der Waals surface area contributed by atoms with Crippen LogP contribution in [0.3, 0.4) is 0 Å². The summed E-state index contributed by atoms with van der Waals surface area (Å²) in [6.07, 6.45) is -5.04. The summed E-state index contributed by atoms with van der Waals surface area (Å²) in [5, 5.41) is 9.53. The van der Waals surface area contributed by atoms with Crippen molar-refractivity contribution in [1.29, 1.82) is 0 Å². The quantitative estimate of drug-likeness (QED) is 0.206. The van der Waals surface area contributed by atoms with E-state index in [9.17, 15) is 27.9 Å². The molecule has 46 heavy (non-hydrogen) atoms. The van der Waals surface area contributed by atoms with Crippen LogP contribution in [0.5, 0.6) is 5.75 Å². The van der Waals surface area contributed by atoms with E-state index in [1.54, 1.807) is 33.1 Å². The van der Waals surface area contributed by atoms with Crippen molar-refractivity contribution in [2.45, 2.75) is 52.1 Å². The Morgan fingerprint density at radius 1 is 1.07 bits per heavy atom. The van der Waals surface area contributed by atoms with E-state index < -0.39 is 35.9 Å². The van der Waals surface area contributed by atoms with Crippen molar-refractivity contribution in [3.8, 4) is 28.0 Å². The number of carboxylic acid groups (broad SMARTS) is 1. The van der Waals surface area contributed by atoms with Gasteiger partial charge in [-0.2, -0.15) is 13.2 Å². The highest BCUT2D eigenvalue weighted by Crippen LogP contribution is 2.42. The van der Waals surface area contributed by atoms with E-state index in [0.717, 1.165) is 53.5 Å². The summed E-state index contributed by atoms with van der Waals surface area (Å²) in [7, 11) is 1.56. The van der Waals surface area contributed by atoms with E-state index in [0.29, 0.717) is 28.1 Å². The van der Waals surface area contributed by atoms with Gasteiger partial charge in [-0.15, -0.1) is 11.3 Å². The average Bonchev–Trinajstić information content (AvgIpc) is 3.50. The number of rotatable bonds is 8. The molecule has 0 saturated carbocycles. The average molecular weight is 652 g/mol. The first-order valence-electron chi connectivity index (χ1n) is 14.8. The number of pyridine rings is 1. The number of methoxy groups -OCH3 is 1. The molecule has 2 aromatic heterocycles. The summed E-state index contributed by atoms with van der Waals surface area (Å²) in [5.41, 5.74) is 3.45. The van der Waals surface area contributed by atoms with Crippen molar-refractivity contribution < 1.29 is 37.3 Å². The van der Waals surface area contributed by atoms with Crippen molar-refractivity contribution in [2.75, 3.05) is 25.1 Å². The smallest absolute Gasteiger partial charge is 0.416 e. The Kier molecular flexibility index (Phi) is 8.18. The summed E-state index contributed by atoms with van der Waals surface area (Å²) >= 11 is 1.20. The minimum absolute atomic E-state index is 0.0412. The van der Waals surface area contributed by atoms with Gasteiger partial charge < -0.3 is 19.5 Å². The Labute approximate surface area is 268 Å². The molecule has 1 amide bonds. The Balaban J connectivity index is 1.40. The molecule has 2 atom stereocenters. The number of aromatic carboxylic acids is 1. The van der Waals surface area contributed by atoms with E-state index in [1.165, 1.54) is 16.2 Å².